The van der Waals surface area contributed by atoms with Crippen LogP contribution in [0.2, 0.25) is 10.0 Å². The Morgan fingerprint density at radius 3 is 2.48 bits per heavy atom. The second-order valence-corrected chi connectivity index (χ2v) is 6.28. The maximum Gasteiger partial charge on any atom is 0.340 e. The van der Waals surface area contributed by atoms with Gasteiger partial charge in [-0.15, -0.1) is 0 Å². The zero-order chi connectivity index (χ0) is 18.2. The first-order valence-electron chi connectivity index (χ1n) is 7.98. The fourth-order valence-electron chi connectivity index (χ4n) is 2.40. The van der Waals surface area contributed by atoms with Gasteiger partial charge in [0.05, 0.1) is 21.7 Å². The molecule has 6 heteroatoms. The van der Waals surface area contributed by atoms with Crippen LogP contribution >= 0.6 is 23.2 Å². The minimum Gasteiger partial charge on any atom is -0.452 e. The number of hydrogen-bond acceptors (Lipinski definition) is 3. The van der Waals surface area contributed by atoms with Crippen molar-refractivity contribution >= 4 is 35.1 Å². The molecule has 4 nitrogen and oxygen atoms in total. The van der Waals surface area contributed by atoms with Crippen molar-refractivity contribution in [1.29, 1.82) is 0 Å². The Balaban J connectivity index is 1.95. The van der Waals surface area contributed by atoms with Gasteiger partial charge in [-0.1, -0.05) is 72.9 Å². The lowest BCUT2D eigenvalue weighted by Crippen LogP contribution is -2.32. The van der Waals surface area contributed by atoms with Crippen LogP contribution in [0.25, 0.3) is 0 Å². The number of hydrogen-bond donors (Lipinski definition) is 1. The van der Waals surface area contributed by atoms with Crippen molar-refractivity contribution in [2.24, 2.45) is 0 Å². The van der Waals surface area contributed by atoms with Gasteiger partial charge in [-0.2, -0.15) is 0 Å². The van der Waals surface area contributed by atoms with E-state index in [-0.39, 0.29) is 34.2 Å². The normalized spacial score (nSPS) is 11.6. The third-order valence-electron chi connectivity index (χ3n) is 3.62. The maximum absolute atomic E-state index is 12.1. The molecule has 0 fully saturated rings. The topological polar surface area (TPSA) is 55.4 Å². The van der Waals surface area contributed by atoms with Crippen LogP contribution in [0, 0.1) is 0 Å². The van der Waals surface area contributed by atoms with Crippen LogP contribution in [0.3, 0.4) is 0 Å². The molecule has 25 heavy (non-hydrogen) atoms. The number of carbonyl (C=O) groups is 2. The molecule has 0 bridgehead atoms. The lowest BCUT2D eigenvalue weighted by atomic mass is 10.0. The molecule has 0 saturated heterocycles. The number of carbonyl (C=O) groups excluding carboxylic acids is 2. The van der Waals surface area contributed by atoms with Crippen LogP contribution in [0.5, 0.6) is 0 Å². The Morgan fingerprint density at radius 1 is 1.08 bits per heavy atom. The Labute approximate surface area is 157 Å². The van der Waals surface area contributed by atoms with Crippen molar-refractivity contribution in [2.45, 2.75) is 25.8 Å². The minimum atomic E-state index is -0.686. The van der Waals surface area contributed by atoms with Gasteiger partial charge < -0.3 is 10.1 Å². The molecule has 2 aromatic carbocycles. The molecule has 1 amide bonds. The standard InChI is InChI=1S/C19H19Cl2NO3/c1-2-7-16(13-8-4-3-5-9-13)22-17(23)12-25-19(24)14-10-6-11-15(20)18(14)21/h3-6,8-11,16H,2,7,12H2,1H3,(H,22,23)/t16-/m0/s1. The largest absolute Gasteiger partial charge is 0.452 e. The highest BCUT2D eigenvalue weighted by Crippen LogP contribution is 2.26. The van der Waals surface area contributed by atoms with Gasteiger partial charge in [0.15, 0.2) is 6.61 Å². The SMILES string of the molecule is CCC[C@H](NC(=O)COC(=O)c1cccc(Cl)c1Cl)c1ccccc1. The van der Waals surface area contributed by atoms with Crippen LogP contribution in [0.1, 0.15) is 41.7 Å². The molecule has 0 aliphatic carbocycles. The van der Waals surface area contributed by atoms with Gasteiger partial charge in [0.2, 0.25) is 0 Å². The fraction of sp³-hybridized carbons (Fsp3) is 0.263. The third kappa shape index (κ3) is 5.48. The molecule has 132 valence electrons. The summed E-state index contributed by atoms with van der Waals surface area (Å²) in [5.74, 6) is -1.05. The zero-order valence-electron chi connectivity index (χ0n) is 13.8. The summed E-state index contributed by atoms with van der Waals surface area (Å²) in [6.45, 7) is 1.66. The molecule has 0 aliphatic rings. The number of benzene rings is 2. The number of esters is 1. The predicted octanol–water partition coefficient (Wildman–Crippen LogP) is 4.81. The van der Waals surface area contributed by atoms with Gasteiger partial charge in [0.1, 0.15) is 0 Å². The van der Waals surface area contributed by atoms with E-state index in [0.29, 0.717) is 0 Å². The van der Waals surface area contributed by atoms with Crippen LogP contribution in [-0.4, -0.2) is 18.5 Å². The van der Waals surface area contributed by atoms with Gasteiger partial charge in [-0.05, 0) is 24.1 Å². The van der Waals surface area contributed by atoms with Crippen molar-refractivity contribution in [1.82, 2.24) is 5.32 Å². The summed E-state index contributed by atoms with van der Waals surface area (Å²) < 4.78 is 5.05. The molecule has 0 aliphatic heterocycles. The summed E-state index contributed by atoms with van der Waals surface area (Å²) in [7, 11) is 0. The Kier molecular flexibility index (Phi) is 7.29. The molecule has 2 aromatic rings. The first-order valence-corrected chi connectivity index (χ1v) is 8.74. The van der Waals surface area contributed by atoms with Gasteiger partial charge in [0.25, 0.3) is 5.91 Å². The van der Waals surface area contributed by atoms with Crippen molar-refractivity contribution in [3.8, 4) is 0 Å². The first kappa shape index (κ1) is 19.3. The number of halogens is 2. The van der Waals surface area contributed by atoms with E-state index in [4.69, 9.17) is 27.9 Å². The quantitative estimate of drug-likeness (QED) is 0.702. The van der Waals surface area contributed by atoms with Gasteiger partial charge in [0, 0.05) is 0 Å². The predicted molar refractivity (Wildman–Crippen MR) is 99.0 cm³/mol. The molecule has 1 atom stereocenters. The summed E-state index contributed by atoms with van der Waals surface area (Å²) in [6.07, 6.45) is 1.71. The molecule has 0 radical (unpaired) electrons. The maximum atomic E-state index is 12.1. The second-order valence-electron chi connectivity index (χ2n) is 5.50. The van der Waals surface area contributed by atoms with Crippen LogP contribution < -0.4 is 5.32 Å². The number of nitrogens with one attached hydrogen (secondary N) is 1. The lowest BCUT2D eigenvalue weighted by Gasteiger charge is -2.18. The molecule has 0 heterocycles. The van der Waals surface area contributed by atoms with E-state index >= 15 is 0 Å². The van der Waals surface area contributed by atoms with E-state index in [1.165, 1.54) is 6.07 Å². The van der Waals surface area contributed by atoms with E-state index in [0.717, 1.165) is 18.4 Å². The fourth-order valence-corrected chi connectivity index (χ4v) is 2.78. The van der Waals surface area contributed by atoms with Crippen LogP contribution in [0.4, 0.5) is 0 Å². The molecule has 0 spiro atoms. The van der Waals surface area contributed by atoms with Crippen LogP contribution in [0.15, 0.2) is 48.5 Å². The molecule has 0 saturated carbocycles. The second kappa shape index (κ2) is 9.44. The average molecular weight is 380 g/mol. The smallest absolute Gasteiger partial charge is 0.340 e. The van der Waals surface area contributed by atoms with Gasteiger partial charge in [-0.25, -0.2) is 4.79 Å². The number of amides is 1. The summed E-state index contributed by atoms with van der Waals surface area (Å²) in [4.78, 5) is 24.2. The first-order chi connectivity index (χ1) is 12.0. The average Bonchev–Trinajstić information content (AvgIpc) is 2.62. The summed E-state index contributed by atoms with van der Waals surface area (Å²) in [5.41, 5.74) is 1.15. The summed E-state index contributed by atoms with van der Waals surface area (Å²) >= 11 is 11.8. The molecule has 1 N–H and O–H groups in total. The van der Waals surface area contributed by atoms with E-state index in [9.17, 15) is 9.59 Å². The van der Waals surface area contributed by atoms with Gasteiger partial charge >= 0.3 is 5.97 Å². The van der Waals surface area contributed by atoms with E-state index in [1.807, 2.05) is 37.3 Å². The van der Waals surface area contributed by atoms with Crippen molar-refractivity contribution in [3.63, 3.8) is 0 Å². The lowest BCUT2D eigenvalue weighted by molar-refractivity contribution is -0.125. The highest BCUT2D eigenvalue weighted by atomic mass is 35.5. The number of rotatable bonds is 7. The molecule has 2 rings (SSSR count). The van der Waals surface area contributed by atoms with E-state index < -0.39 is 5.97 Å². The highest BCUT2D eigenvalue weighted by molar-refractivity contribution is 6.43. The van der Waals surface area contributed by atoms with Crippen molar-refractivity contribution < 1.29 is 14.3 Å². The molecular formula is C19H19Cl2NO3. The van der Waals surface area contributed by atoms with E-state index in [1.54, 1.807) is 12.1 Å². The van der Waals surface area contributed by atoms with Crippen molar-refractivity contribution in [2.75, 3.05) is 6.61 Å². The van der Waals surface area contributed by atoms with Crippen molar-refractivity contribution in [3.05, 3.63) is 69.7 Å². The monoisotopic (exact) mass is 379 g/mol. The Bertz CT molecular complexity index is 735. The highest BCUT2D eigenvalue weighted by Gasteiger charge is 2.18. The minimum absolute atomic E-state index is 0.114. The Hall–Kier alpha value is -2.04. The van der Waals surface area contributed by atoms with Gasteiger partial charge in [-0.3, -0.25) is 4.79 Å². The van der Waals surface area contributed by atoms with Crippen LogP contribution in [-0.2, 0) is 9.53 Å². The number of ether oxygens (including phenoxy) is 1. The zero-order valence-corrected chi connectivity index (χ0v) is 15.3. The summed E-state index contributed by atoms with van der Waals surface area (Å²) in [5, 5.41) is 3.26. The molecule has 0 unspecified atom stereocenters. The Morgan fingerprint density at radius 2 is 1.80 bits per heavy atom. The molecular weight excluding hydrogens is 361 g/mol. The third-order valence-corrected chi connectivity index (χ3v) is 4.44. The summed E-state index contributed by atoms with van der Waals surface area (Å²) in [6, 6.07) is 14.2. The van der Waals surface area contributed by atoms with E-state index in [2.05, 4.69) is 5.32 Å². The molecule has 0 aromatic heterocycles.